The molecule has 0 bridgehead atoms. The van der Waals surface area contributed by atoms with E-state index in [0.717, 1.165) is 38.4 Å². The molecule has 1 N–H and O–H groups in total. The zero-order valence-corrected chi connectivity index (χ0v) is 14.1. The molecule has 0 aliphatic carbocycles. The van der Waals surface area contributed by atoms with Crippen LogP contribution in [-0.4, -0.2) is 60.5 Å². The molecule has 1 saturated heterocycles. The molecule has 0 spiro atoms. The van der Waals surface area contributed by atoms with E-state index in [1.807, 2.05) is 13.0 Å². The van der Waals surface area contributed by atoms with Crippen LogP contribution >= 0.6 is 0 Å². The van der Waals surface area contributed by atoms with Gasteiger partial charge in [-0.2, -0.15) is 0 Å². The summed E-state index contributed by atoms with van der Waals surface area (Å²) in [5.74, 6) is 1.97. The van der Waals surface area contributed by atoms with E-state index in [1.165, 1.54) is 0 Å². The van der Waals surface area contributed by atoms with Crippen LogP contribution in [0.3, 0.4) is 0 Å². The van der Waals surface area contributed by atoms with Crippen molar-refractivity contribution in [2.45, 2.75) is 27.2 Å². The first-order valence-electron chi connectivity index (χ1n) is 8.03. The molecule has 1 fully saturated rings. The number of aryl methyl sites for hydroxylation is 1. The lowest BCUT2D eigenvalue weighted by atomic mass is 10.1. The third-order valence-electron chi connectivity index (χ3n) is 3.89. The molecule has 122 valence electrons. The van der Waals surface area contributed by atoms with E-state index in [9.17, 15) is 4.79 Å². The highest BCUT2D eigenvalue weighted by atomic mass is 16.1. The van der Waals surface area contributed by atoms with E-state index in [2.05, 4.69) is 46.0 Å². The van der Waals surface area contributed by atoms with Gasteiger partial charge in [0, 0.05) is 38.8 Å². The van der Waals surface area contributed by atoms with Crippen molar-refractivity contribution in [2.75, 3.05) is 44.7 Å². The van der Waals surface area contributed by atoms with Crippen LogP contribution in [-0.2, 0) is 0 Å². The van der Waals surface area contributed by atoms with Crippen molar-refractivity contribution in [3.63, 3.8) is 0 Å². The summed E-state index contributed by atoms with van der Waals surface area (Å²) in [6.45, 7) is 10.7. The van der Waals surface area contributed by atoms with Gasteiger partial charge in [-0.3, -0.25) is 4.79 Å². The van der Waals surface area contributed by atoms with Gasteiger partial charge in [0.25, 0.3) is 5.91 Å². The number of aromatic nitrogens is 2. The molecule has 0 radical (unpaired) electrons. The van der Waals surface area contributed by atoms with Crippen molar-refractivity contribution in [2.24, 2.45) is 5.92 Å². The van der Waals surface area contributed by atoms with E-state index in [1.54, 1.807) is 0 Å². The molecule has 1 aliphatic rings. The molecule has 0 unspecified atom stereocenters. The zero-order chi connectivity index (χ0) is 16.1. The maximum atomic E-state index is 12.2. The molecule has 1 aromatic rings. The Balaban J connectivity index is 2.04. The number of rotatable bonds is 5. The molecular weight excluding hydrogens is 278 g/mol. The van der Waals surface area contributed by atoms with Crippen LogP contribution in [0.5, 0.6) is 0 Å². The van der Waals surface area contributed by atoms with E-state index in [0.29, 0.717) is 24.0 Å². The minimum absolute atomic E-state index is 0.110. The number of nitrogens with one attached hydrogen (secondary N) is 1. The lowest BCUT2D eigenvalue weighted by Crippen LogP contribution is -2.45. The van der Waals surface area contributed by atoms with Gasteiger partial charge in [0.05, 0.1) is 0 Å². The number of nitrogens with zero attached hydrogens (tertiary/aromatic N) is 4. The van der Waals surface area contributed by atoms with E-state index in [-0.39, 0.29) is 5.91 Å². The van der Waals surface area contributed by atoms with Gasteiger partial charge >= 0.3 is 0 Å². The maximum Gasteiger partial charge on any atom is 0.270 e. The first-order valence-corrected chi connectivity index (χ1v) is 8.03. The summed E-state index contributed by atoms with van der Waals surface area (Å²) >= 11 is 0. The predicted octanol–water partition coefficient (Wildman–Crippen LogP) is 1.31. The van der Waals surface area contributed by atoms with Crippen molar-refractivity contribution in [3.8, 4) is 0 Å². The summed E-state index contributed by atoms with van der Waals surface area (Å²) in [6.07, 6.45) is 0.973. The number of hydrogen-bond donors (Lipinski definition) is 1. The molecule has 1 aliphatic heterocycles. The number of anilines is 1. The van der Waals surface area contributed by atoms with Gasteiger partial charge in [-0.15, -0.1) is 0 Å². The van der Waals surface area contributed by atoms with Gasteiger partial charge in [0.1, 0.15) is 17.3 Å². The second-order valence-corrected chi connectivity index (χ2v) is 6.39. The van der Waals surface area contributed by atoms with Crippen LogP contribution in [0.25, 0.3) is 0 Å². The smallest absolute Gasteiger partial charge is 0.270 e. The zero-order valence-electron chi connectivity index (χ0n) is 14.1. The summed E-state index contributed by atoms with van der Waals surface area (Å²) in [5.41, 5.74) is 0.463. The van der Waals surface area contributed by atoms with Gasteiger partial charge in [0.15, 0.2) is 0 Å². The van der Waals surface area contributed by atoms with Crippen LogP contribution in [0, 0.1) is 12.8 Å². The van der Waals surface area contributed by atoms with E-state index in [4.69, 9.17) is 0 Å². The van der Waals surface area contributed by atoms with Gasteiger partial charge in [-0.05, 0) is 26.3 Å². The normalized spacial score (nSPS) is 16.1. The van der Waals surface area contributed by atoms with Crippen molar-refractivity contribution in [1.29, 1.82) is 0 Å². The minimum Gasteiger partial charge on any atom is -0.354 e. The van der Waals surface area contributed by atoms with Crippen LogP contribution in [0.1, 0.15) is 36.6 Å². The SMILES string of the molecule is Cc1nc(C(=O)NCCC(C)C)cc(N2CCN(C)CC2)n1. The number of piperazine rings is 1. The summed E-state index contributed by atoms with van der Waals surface area (Å²) in [7, 11) is 2.12. The molecule has 2 rings (SSSR count). The molecular formula is C16H27N5O. The Labute approximate surface area is 132 Å². The van der Waals surface area contributed by atoms with Gasteiger partial charge in [-0.25, -0.2) is 9.97 Å². The third-order valence-corrected chi connectivity index (χ3v) is 3.89. The lowest BCUT2D eigenvalue weighted by Gasteiger charge is -2.33. The number of likely N-dealkylation sites (N-methyl/N-ethyl adjacent to an activating group) is 1. The van der Waals surface area contributed by atoms with Gasteiger partial charge in [0.2, 0.25) is 0 Å². The van der Waals surface area contributed by atoms with Crippen LogP contribution in [0.4, 0.5) is 5.82 Å². The lowest BCUT2D eigenvalue weighted by molar-refractivity contribution is 0.0946. The predicted molar refractivity (Wildman–Crippen MR) is 88.3 cm³/mol. The fourth-order valence-electron chi connectivity index (χ4n) is 2.43. The molecule has 6 nitrogen and oxygen atoms in total. The summed E-state index contributed by atoms with van der Waals surface area (Å²) in [5, 5.41) is 2.94. The fraction of sp³-hybridized carbons (Fsp3) is 0.688. The van der Waals surface area contributed by atoms with Gasteiger partial charge in [-0.1, -0.05) is 13.8 Å². The number of hydrogen-bond acceptors (Lipinski definition) is 5. The minimum atomic E-state index is -0.110. The first kappa shape index (κ1) is 16.7. The quantitative estimate of drug-likeness (QED) is 0.889. The standard InChI is InChI=1S/C16H27N5O/c1-12(2)5-6-17-16(22)14-11-15(19-13(3)18-14)21-9-7-20(4)8-10-21/h11-12H,5-10H2,1-4H3,(H,17,22). The molecule has 22 heavy (non-hydrogen) atoms. The van der Waals surface area contributed by atoms with Crippen LogP contribution in [0.2, 0.25) is 0 Å². The molecule has 0 saturated carbocycles. The Morgan fingerprint density at radius 2 is 1.95 bits per heavy atom. The molecule has 0 aromatic carbocycles. The van der Waals surface area contributed by atoms with Crippen LogP contribution < -0.4 is 10.2 Å². The summed E-state index contributed by atoms with van der Waals surface area (Å²) < 4.78 is 0. The van der Waals surface area contributed by atoms with E-state index < -0.39 is 0 Å². The average Bonchev–Trinajstić information content (AvgIpc) is 2.46. The highest BCUT2D eigenvalue weighted by Gasteiger charge is 2.18. The third kappa shape index (κ3) is 4.66. The molecule has 0 atom stereocenters. The summed E-state index contributed by atoms with van der Waals surface area (Å²) in [6, 6.07) is 1.81. The maximum absolute atomic E-state index is 12.2. The molecule has 6 heteroatoms. The molecule has 2 heterocycles. The Kier molecular flexibility index (Phi) is 5.71. The Morgan fingerprint density at radius 1 is 1.27 bits per heavy atom. The molecule has 1 aromatic heterocycles. The first-order chi connectivity index (χ1) is 10.5. The number of carbonyl (C=O) groups excluding carboxylic acids is 1. The molecule has 1 amide bonds. The monoisotopic (exact) mass is 305 g/mol. The van der Waals surface area contributed by atoms with Crippen molar-refractivity contribution >= 4 is 11.7 Å². The van der Waals surface area contributed by atoms with E-state index >= 15 is 0 Å². The highest BCUT2D eigenvalue weighted by Crippen LogP contribution is 2.15. The summed E-state index contributed by atoms with van der Waals surface area (Å²) in [4.78, 5) is 25.5. The van der Waals surface area contributed by atoms with Gasteiger partial charge < -0.3 is 15.1 Å². The highest BCUT2D eigenvalue weighted by molar-refractivity contribution is 5.92. The second kappa shape index (κ2) is 7.54. The average molecular weight is 305 g/mol. The van der Waals surface area contributed by atoms with Crippen LogP contribution in [0.15, 0.2) is 6.07 Å². The Bertz CT molecular complexity index is 509. The fourth-order valence-corrected chi connectivity index (χ4v) is 2.43. The number of amides is 1. The number of carbonyl (C=O) groups is 1. The largest absolute Gasteiger partial charge is 0.354 e. The van der Waals surface area contributed by atoms with Crippen molar-refractivity contribution in [1.82, 2.24) is 20.2 Å². The Morgan fingerprint density at radius 3 is 2.59 bits per heavy atom. The topological polar surface area (TPSA) is 61.4 Å². The van der Waals surface area contributed by atoms with Crippen molar-refractivity contribution in [3.05, 3.63) is 17.6 Å². The second-order valence-electron chi connectivity index (χ2n) is 6.39. The Hall–Kier alpha value is -1.69. The van der Waals surface area contributed by atoms with Crippen molar-refractivity contribution < 1.29 is 4.79 Å².